The van der Waals surface area contributed by atoms with Crippen molar-refractivity contribution >= 4 is 0 Å². The van der Waals surface area contributed by atoms with E-state index in [-0.39, 0.29) is 6.04 Å². The van der Waals surface area contributed by atoms with Crippen molar-refractivity contribution in [3.63, 3.8) is 0 Å². The van der Waals surface area contributed by atoms with Crippen LogP contribution in [0.5, 0.6) is 0 Å². The molecule has 0 bridgehead atoms. The van der Waals surface area contributed by atoms with E-state index >= 15 is 0 Å². The summed E-state index contributed by atoms with van der Waals surface area (Å²) in [6, 6.07) is 10.2. The molecule has 106 valence electrons. The van der Waals surface area contributed by atoms with Gasteiger partial charge in [0.2, 0.25) is 0 Å². The lowest BCUT2D eigenvalue weighted by Gasteiger charge is -2.19. The van der Waals surface area contributed by atoms with Crippen LogP contribution in [0.4, 0.5) is 0 Å². The third-order valence-corrected chi connectivity index (χ3v) is 3.64. The Labute approximate surface area is 115 Å². The Hall–Kier alpha value is -0.940. The van der Waals surface area contributed by atoms with E-state index in [1.54, 1.807) is 0 Å². The Morgan fingerprint density at radius 1 is 1.37 bits per heavy atom. The molecule has 1 heterocycles. The lowest BCUT2D eigenvalue weighted by molar-refractivity contribution is 0.0129. The van der Waals surface area contributed by atoms with Gasteiger partial charge in [-0.25, -0.2) is 0 Å². The van der Waals surface area contributed by atoms with Crippen LogP contribution in [-0.2, 0) is 11.3 Å². The van der Waals surface area contributed by atoms with Gasteiger partial charge in [0.05, 0.1) is 19.3 Å². The lowest BCUT2D eigenvalue weighted by atomic mass is 10.1. The molecule has 1 fully saturated rings. The van der Waals surface area contributed by atoms with E-state index in [9.17, 15) is 5.11 Å². The zero-order chi connectivity index (χ0) is 13.7. The SMILES string of the molecule is CC1CN(CC(O)COCc2ccccc2)CC1N. The first kappa shape index (κ1) is 14.5. The summed E-state index contributed by atoms with van der Waals surface area (Å²) in [5, 5.41) is 9.95. The van der Waals surface area contributed by atoms with Gasteiger partial charge in [-0.1, -0.05) is 37.3 Å². The first-order valence-corrected chi connectivity index (χ1v) is 6.93. The Morgan fingerprint density at radius 2 is 2.11 bits per heavy atom. The number of aliphatic hydroxyl groups excluding tert-OH is 1. The number of β-amino-alcohol motifs (C(OH)–C–C–N with tert-alkyl or cyclic N) is 1. The second kappa shape index (κ2) is 7.01. The molecule has 0 aliphatic carbocycles. The van der Waals surface area contributed by atoms with Crippen molar-refractivity contribution in [2.75, 3.05) is 26.2 Å². The summed E-state index contributed by atoms with van der Waals surface area (Å²) in [5.41, 5.74) is 7.10. The van der Waals surface area contributed by atoms with E-state index in [0.717, 1.165) is 18.7 Å². The maximum atomic E-state index is 9.95. The summed E-state index contributed by atoms with van der Waals surface area (Å²) >= 11 is 0. The molecule has 0 aromatic heterocycles. The van der Waals surface area contributed by atoms with Crippen molar-refractivity contribution in [3.8, 4) is 0 Å². The van der Waals surface area contributed by atoms with Crippen LogP contribution in [-0.4, -0.2) is 48.4 Å². The van der Waals surface area contributed by atoms with E-state index in [0.29, 0.717) is 25.7 Å². The van der Waals surface area contributed by atoms with Crippen LogP contribution in [0.25, 0.3) is 0 Å². The highest BCUT2D eigenvalue weighted by Gasteiger charge is 2.27. The zero-order valence-electron chi connectivity index (χ0n) is 11.5. The summed E-state index contributed by atoms with van der Waals surface area (Å²) in [6.45, 7) is 5.56. The minimum absolute atomic E-state index is 0.234. The molecule has 2 rings (SSSR count). The predicted molar refractivity (Wildman–Crippen MR) is 75.7 cm³/mol. The van der Waals surface area contributed by atoms with Crippen molar-refractivity contribution < 1.29 is 9.84 Å². The average Bonchev–Trinajstić information content (AvgIpc) is 2.69. The van der Waals surface area contributed by atoms with Crippen LogP contribution in [0.3, 0.4) is 0 Å². The number of aliphatic hydroxyl groups is 1. The van der Waals surface area contributed by atoms with Gasteiger partial charge >= 0.3 is 0 Å². The fourth-order valence-electron chi connectivity index (χ4n) is 2.48. The van der Waals surface area contributed by atoms with Gasteiger partial charge in [0.15, 0.2) is 0 Å². The van der Waals surface area contributed by atoms with Gasteiger partial charge < -0.3 is 15.6 Å². The van der Waals surface area contributed by atoms with Crippen molar-refractivity contribution in [2.45, 2.75) is 25.7 Å². The van der Waals surface area contributed by atoms with Gasteiger partial charge in [-0.3, -0.25) is 4.90 Å². The van der Waals surface area contributed by atoms with Gasteiger partial charge in [-0.15, -0.1) is 0 Å². The predicted octanol–water partition coefficient (Wildman–Crippen LogP) is 0.843. The fraction of sp³-hybridized carbons (Fsp3) is 0.600. The summed E-state index contributed by atoms with van der Waals surface area (Å²) in [7, 11) is 0. The Kier molecular flexibility index (Phi) is 5.34. The smallest absolute Gasteiger partial charge is 0.0900 e. The summed E-state index contributed by atoms with van der Waals surface area (Å²) in [6.07, 6.45) is -0.443. The van der Waals surface area contributed by atoms with E-state index in [4.69, 9.17) is 10.5 Å². The lowest BCUT2D eigenvalue weighted by Crippen LogP contribution is -2.35. The van der Waals surface area contributed by atoms with Crippen LogP contribution < -0.4 is 5.73 Å². The zero-order valence-corrected chi connectivity index (χ0v) is 11.5. The third kappa shape index (κ3) is 4.58. The average molecular weight is 264 g/mol. The molecule has 1 aliphatic rings. The maximum Gasteiger partial charge on any atom is 0.0900 e. The number of nitrogens with zero attached hydrogens (tertiary/aromatic N) is 1. The molecule has 1 saturated heterocycles. The second-order valence-corrected chi connectivity index (χ2v) is 5.51. The second-order valence-electron chi connectivity index (χ2n) is 5.51. The van der Waals surface area contributed by atoms with Crippen molar-refractivity contribution in [1.29, 1.82) is 0 Å². The first-order valence-electron chi connectivity index (χ1n) is 6.93. The van der Waals surface area contributed by atoms with Crippen LogP contribution >= 0.6 is 0 Å². The number of hydrogen-bond acceptors (Lipinski definition) is 4. The molecule has 1 aliphatic heterocycles. The standard InChI is InChI=1S/C15H24N2O2/c1-12-7-17(9-15(12)16)8-14(18)11-19-10-13-5-3-2-4-6-13/h2-6,12,14-15,18H,7-11,16H2,1H3. The molecule has 1 aromatic rings. The van der Waals surface area contributed by atoms with Crippen LogP contribution in [0.1, 0.15) is 12.5 Å². The summed E-state index contributed by atoms with van der Waals surface area (Å²) in [5.74, 6) is 0.512. The van der Waals surface area contributed by atoms with E-state index in [1.807, 2.05) is 30.3 Å². The van der Waals surface area contributed by atoms with Crippen molar-refractivity contribution in [1.82, 2.24) is 4.90 Å². The maximum absolute atomic E-state index is 9.95. The molecular formula is C15H24N2O2. The number of ether oxygens (including phenoxy) is 1. The molecule has 4 nitrogen and oxygen atoms in total. The largest absolute Gasteiger partial charge is 0.389 e. The van der Waals surface area contributed by atoms with Crippen LogP contribution in [0.2, 0.25) is 0 Å². The molecule has 0 saturated carbocycles. The molecule has 4 heteroatoms. The number of nitrogens with two attached hydrogens (primary N) is 1. The van der Waals surface area contributed by atoms with Crippen molar-refractivity contribution in [2.24, 2.45) is 11.7 Å². The quantitative estimate of drug-likeness (QED) is 0.799. The molecule has 0 spiro atoms. The molecule has 0 radical (unpaired) electrons. The van der Waals surface area contributed by atoms with Crippen molar-refractivity contribution in [3.05, 3.63) is 35.9 Å². The number of rotatable bonds is 6. The molecule has 0 amide bonds. The molecule has 3 unspecified atom stereocenters. The van der Waals surface area contributed by atoms with E-state index in [1.165, 1.54) is 0 Å². The van der Waals surface area contributed by atoms with Gasteiger partial charge in [0, 0.05) is 25.7 Å². The normalized spacial score (nSPS) is 25.6. The topological polar surface area (TPSA) is 58.7 Å². The van der Waals surface area contributed by atoms with Crippen LogP contribution in [0.15, 0.2) is 30.3 Å². The van der Waals surface area contributed by atoms with Gasteiger partial charge in [0.25, 0.3) is 0 Å². The van der Waals surface area contributed by atoms with Gasteiger partial charge in [-0.2, -0.15) is 0 Å². The van der Waals surface area contributed by atoms with Gasteiger partial charge in [0.1, 0.15) is 0 Å². The summed E-state index contributed by atoms with van der Waals surface area (Å²) < 4.78 is 5.54. The Bertz CT molecular complexity index is 362. The van der Waals surface area contributed by atoms with E-state index in [2.05, 4.69) is 11.8 Å². The summed E-state index contributed by atoms with van der Waals surface area (Å²) in [4.78, 5) is 2.21. The minimum Gasteiger partial charge on any atom is -0.389 e. The number of benzene rings is 1. The highest BCUT2D eigenvalue weighted by molar-refractivity contribution is 5.13. The third-order valence-electron chi connectivity index (χ3n) is 3.64. The fourth-order valence-corrected chi connectivity index (χ4v) is 2.48. The Morgan fingerprint density at radius 3 is 2.74 bits per heavy atom. The minimum atomic E-state index is -0.443. The monoisotopic (exact) mass is 264 g/mol. The van der Waals surface area contributed by atoms with E-state index < -0.39 is 6.10 Å². The molecular weight excluding hydrogens is 240 g/mol. The van der Waals surface area contributed by atoms with Gasteiger partial charge in [-0.05, 0) is 11.5 Å². The Balaban J connectivity index is 1.64. The molecule has 1 aromatic carbocycles. The first-order chi connectivity index (χ1) is 9.15. The molecule has 19 heavy (non-hydrogen) atoms. The molecule has 3 N–H and O–H groups in total. The highest BCUT2D eigenvalue weighted by atomic mass is 16.5. The van der Waals surface area contributed by atoms with Crippen LogP contribution in [0, 0.1) is 5.92 Å². The highest BCUT2D eigenvalue weighted by Crippen LogP contribution is 2.14. The number of likely N-dealkylation sites (tertiary alicyclic amines) is 1. The number of hydrogen-bond donors (Lipinski definition) is 2. The molecule has 3 atom stereocenters.